The molecule has 0 unspecified atom stereocenters. The molecular formula is C12H31Al2Cl. The molecule has 0 rings (SSSR count). The van der Waals surface area contributed by atoms with Gasteiger partial charge in [0.15, 0.2) is 0 Å². The predicted molar refractivity (Wildman–Crippen MR) is 75.3 cm³/mol. The zero-order chi connectivity index (χ0) is 11.8. The monoisotopic (exact) mass is 264 g/mol. The topological polar surface area (TPSA) is 0 Å². The molecule has 0 aromatic carbocycles. The maximum absolute atomic E-state index is 2.32. The van der Waals surface area contributed by atoms with Crippen LogP contribution in [-0.2, 0) is 0 Å². The van der Waals surface area contributed by atoms with Gasteiger partial charge >= 0.3 is 39.6 Å². The predicted octanol–water partition coefficient (Wildman–Crippen LogP) is 2.14. The van der Waals surface area contributed by atoms with E-state index in [9.17, 15) is 0 Å². The van der Waals surface area contributed by atoms with Crippen molar-refractivity contribution in [3.8, 4) is 0 Å². The van der Waals surface area contributed by atoms with E-state index < -0.39 is 0 Å². The van der Waals surface area contributed by atoms with Gasteiger partial charge in [0, 0.05) is 0 Å². The maximum atomic E-state index is 2.32. The molecule has 0 nitrogen and oxygen atoms in total. The summed E-state index contributed by atoms with van der Waals surface area (Å²) in [7, 11) is 0. The molecule has 0 bridgehead atoms. The van der Waals surface area contributed by atoms with Crippen molar-refractivity contribution in [1.82, 2.24) is 0 Å². The number of hydrogen-bond donors (Lipinski definition) is 0. The Hall–Kier alpha value is 1.35. The SMILES string of the molecule is CC.C[CH2][Al+][CH2]C.C[CH2][Al]([CH2]C)[CH2]C.[Cl-]. The fraction of sp³-hybridized carbons (Fsp3) is 1.00. The van der Waals surface area contributed by atoms with Gasteiger partial charge in [0.05, 0.1) is 0 Å². The van der Waals surface area contributed by atoms with Gasteiger partial charge in [-0.15, -0.1) is 0 Å². The van der Waals surface area contributed by atoms with Crippen LogP contribution >= 0.6 is 0 Å². The third kappa shape index (κ3) is 31.3. The molecular weight excluding hydrogens is 234 g/mol. The molecule has 3 heteroatoms. The fourth-order valence-electron chi connectivity index (χ4n) is 1.15. The van der Waals surface area contributed by atoms with Crippen LogP contribution in [0.2, 0.25) is 26.4 Å². The molecule has 0 aromatic heterocycles. The van der Waals surface area contributed by atoms with Crippen molar-refractivity contribution >= 4 is 29.4 Å². The van der Waals surface area contributed by atoms with Gasteiger partial charge in [0.1, 0.15) is 0 Å². The Kier molecular flexibility index (Phi) is 49.7. The molecule has 15 heavy (non-hydrogen) atoms. The first-order valence-electron chi connectivity index (χ1n) is 6.58. The summed E-state index contributed by atoms with van der Waals surface area (Å²) in [5, 5.41) is 7.33. The molecule has 0 saturated heterocycles. The Bertz CT molecular complexity index is 59.1. The van der Waals surface area contributed by atoms with Crippen LogP contribution < -0.4 is 12.4 Å². The van der Waals surface area contributed by atoms with Crippen LogP contribution in [0.3, 0.4) is 0 Å². The zero-order valence-corrected chi connectivity index (χ0v) is 15.1. The van der Waals surface area contributed by atoms with E-state index in [1.54, 1.807) is 0 Å². The Morgan fingerprint density at radius 3 is 1.00 bits per heavy atom. The van der Waals surface area contributed by atoms with Gasteiger partial charge in [0.2, 0.25) is 0 Å². The van der Waals surface area contributed by atoms with E-state index in [0.29, 0.717) is 0 Å². The second-order valence-corrected chi connectivity index (χ2v) is 9.59. The zero-order valence-electron chi connectivity index (χ0n) is 12.1. The maximum Gasteiger partial charge on any atom is 0.261 e. The molecule has 0 atom stereocenters. The van der Waals surface area contributed by atoms with Crippen molar-refractivity contribution in [1.29, 1.82) is 0 Å². The summed E-state index contributed by atoms with van der Waals surface area (Å²) >= 11 is 0.644. The normalized spacial score (nSPS) is 6.87. The molecule has 0 N–H and O–H groups in total. The van der Waals surface area contributed by atoms with E-state index in [-0.39, 0.29) is 26.6 Å². The van der Waals surface area contributed by atoms with Gasteiger partial charge in [-0.2, -0.15) is 0 Å². The van der Waals surface area contributed by atoms with Crippen LogP contribution in [-0.4, -0.2) is 29.4 Å². The molecule has 0 heterocycles. The largest absolute Gasteiger partial charge is 1.00 e. The first-order chi connectivity index (χ1) is 6.76. The van der Waals surface area contributed by atoms with E-state index in [1.165, 1.54) is 26.4 Å². The Labute approximate surface area is 116 Å². The van der Waals surface area contributed by atoms with Gasteiger partial charge in [-0.1, -0.05) is 50.5 Å². The van der Waals surface area contributed by atoms with E-state index >= 15 is 0 Å². The third-order valence-corrected chi connectivity index (χ3v) is 6.93. The molecule has 0 spiro atoms. The molecule has 0 fully saturated rings. The van der Waals surface area contributed by atoms with Crippen LogP contribution in [0.1, 0.15) is 48.5 Å². The number of halogens is 1. The minimum Gasteiger partial charge on any atom is -1.00 e. The average Bonchev–Trinajstić information content (AvgIpc) is 2.25. The summed E-state index contributed by atoms with van der Waals surface area (Å²) in [5.41, 5.74) is 0. The molecule has 0 aliphatic carbocycles. The van der Waals surface area contributed by atoms with E-state index in [0.717, 1.165) is 15.2 Å². The molecule has 0 saturated carbocycles. The summed E-state index contributed by atoms with van der Waals surface area (Å²) in [6.45, 7) is 15.5. The van der Waals surface area contributed by atoms with Crippen molar-refractivity contribution < 1.29 is 12.4 Å². The van der Waals surface area contributed by atoms with Crippen LogP contribution in [0.25, 0.3) is 0 Å². The van der Waals surface area contributed by atoms with Crippen molar-refractivity contribution in [2.45, 2.75) is 74.9 Å². The van der Waals surface area contributed by atoms with Crippen LogP contribution in [0.4, 0.5) is 0 Å². The summed E-state index contributed by atoms with van der Waals surface area (Å²) < 4.78 is 0. The summed E-state index contributed by atoms with van der Waals surface area (Å²) in [4.78, 5) is 0. The van der Waals surface area contributed by atoms with Crippen molar-refractivity contribution in [3.63, 3.8) is 0 Å². The van der Waals surface area contributed by atoms with Crippen molar-refractivity contribution in [2.24, 2.45) is 0 Å². The Morgan fingerprint density at radius 1 is 0.733 bits per heavy atom. The second-order valence-electron chi connectivity index (χ2n) is 3.20. The van der Waals surface area contributed by atoms with Gasteiger partial charge in [-0.05, 0) is 0 Å². The first-order valence-corrected chi connectivity index (χ1v) is 10.7. The van der Waals surface area contributed by atoms with Crippen LogP contribution in [0, 0.1) is 0 Å². The first kappa shape index (κ1) is 25.3. The standard InChI is InChI=1S/C2H6.5C2H5.2Al.ClH/c6*1-2;;;/h1-2H3;5*1H2,2H3;;;1H/q;;;;;;;+1;/p-1. The van der Waals surface area contributed by atoms with Gasteiger partial charge in [-0.3, -0.25) is 0 Å². The van der Waals surface area contributed by atoms with Gasteiger partial charge in [0.25, 0.3) is 14.1 Å². The third-order valence-electron chi connectivity index (χ3n) is 2.31. The van der Waals surface area contributed by atoms with Gasteiger partial charge < -0.3 is 12.4 Å². The number of rotatable bonds is 5. The number of hydrogen-bond acceptors (Lipinski definition) is 0. The Morgan fingerprint density at radius 2 is 1.00 bits per heavy atom. The summed E-state index contributed by atoms with van der Waals surface area (Å²) in [6.07, 6.45) is 0. The van der Waals surface area contributed by atoms with E-state index in [2.05, 4.69) is 34.6 Å². The Balaban J connectivity index is -0.0000000675. The summed E-state index contributed by atoms with van der Waals surface area (Å²) in [6, 6.07) is 0. The fourth-order valence-corrected chi connectivity index (χ4v) is 3.46. The molecule has 0 aliphatic heterocycles. The van der Waals surface area contributed by atoms with Crippen molar-refractivity contribution in [3.05, 3.63) is 0 Å². The minimum atomic E-state index is -0.171. The van der Waals surface area contributed by atoms with Gasteiger partial charge in [-0.25, -0.2) is 0 Å². The smallest absolute Gasteiger partial charge is 0.261 e. The van der Waals surface area contributed by atoms with Crippen LogP contribution in [0.15, 0.2) is 0 Å². The van der Waals surface area contributed by atoms with Crippen LogP contribution in [0.5, 0.6) is 0 Å². The van der Waals surface area contributed by atoms with Crippen molar-refractivity contribution in [2.75, 3.05) is 0 Å². The molecule has 0 aliphatic rings. The quantitative estimate of drug-likeness (QED) is 0.668. The van der Waals surface area contributed by atoms with E-state index in [1.807, 2.05) is 13.8 Å². The molecule has 92 valence electrons. The molecule has 0 amide bonds. The summed E-state index contributed by atoms with van der Waals surface area (Å²) in [5.74, 6) is 0. The molecule has 0 aromatic rings. The second kappa shape index (κ2) is 29.5. The van der Waals surface area contributed by atoms with E-state index in [4.69, 9.17) is 0 Å². The molecule has 0 radical (unpaired) electrons. The minimum absolute atomic E-state index is 0. The average molecular weight is 265 g/mol.